The van der Waals surface area contributed by atoms with E-state index in [1.807, 2.05) is 26.0 Å². The van der Waals surface area contributed by atoms with E-state index in [2.05, 4.69) is 26.6 Å². The molecule has 0 spiro atoms. The Balaban J connectivity index is 2.09. The van der Waals surface area contributed by atoms with E-state index in [0.29, 0.717) is 22.6 Å². The zero-order chi connectivity index (χ0) is 18.4. The number of nitriles is 1. The summed E-state index contributed by atoms with van der Waals surface area (Å²) in [7, 11) is 0. The van der Waals surface area contributed by atoms with E-state index in [1.165, 1.54) is 0 Å². The molecule has 2 rings (SSSR count). The molecule has 0 saturated heterocycles. The summed E-state index contributed by atoms with van der Waals surface area (Å²) < 4.78 is 6.43. The number of carbonyl (C=O) groups excluding carboxylic acids is 1. The maximum atomic E-state index is 12.5. The second kappa shape index (κ2) is 8.60. The number of nitrogens with zero attached hydrogens (tertiary/aromatic N) is 1. The zero-order valence-corrected chi connectivity index (χ0v) is 16.1. The minimum Gasteiger partial charge on any atom is -0.490 e. The van der Waals surface area contributed by atoms with E-state index in [0.717, 1.165) is 4.47 Å². The third-order valence-electron chi connectivity index (χ3n) is 3.05. The Morgan fingerprint density at radius 2 is 1.92 bits per heavy atom. The number of nitrogens with one attached hydrogen (secondary N) is 2. The van der Waals surface area contributed by atoms with Gasteiger partial charge in [0.15, 0.2) is 5.11 Å². The van der Waals surface area contributed by atoms with Gasteiger partial charge in [-0.1, -0.05) is 15.9 Å². The van der Waals surface area contributed by atoms with Gasteiger partial charge in [0.25, 0.3) is 5.91 Å². The van der Waals surface area contributed by atoms with E-state index < -0.39 is 0 Å². The molecular weight excluding hydrogens is 402 g/mol. The van der Waals surface area contributed by atoms with Crippen LogP contribution in [-0.2, 0) is 0 Å². The first-order valence-corrected chi connectivity index (χ1v) is 8.68. The predicted octanol–water partition coefficient (Wildman–Crippen LogP) is 4.23. The van der Waals surface area contributed by atoms with Gasteiger partial charge in [0.05, 0.1) is 23.3 Å². The molecule has 0 aromatic heterocycles. The minimum absolute atomic E-state index is 0.0588. The number of benzene rings is 2. The Hall–Kier alpha value is -2.43. The average molecular weight is 418 g/mol. The van der Waals surface area contributed by atoms with Gasteiger partial charge in [0.1, 0.15) is 5.75 Å². The second-order valence-corrected chi connectivity index (χ2v) is 6.73. The van der Waals surface area contributed by atoms with Gasteiger partial charge in [0, 0.05) is 10.2 Å². The van der Waals surface area contributed by atoms with Gasteiger partial charge >= 0.3 is 0 Å². The van der Waals surface area contributed by atoms with E-state index in [9.17, 15) is 4.79 Å². The molecular formula is C18H16BrN3O2S. The smallest absolute Gasteiger partial charge is 0.261 e. The van der Waals surface area contributed by atoms with Gasteiger partial charge in [-0.15, -0.1) is 0 Å². The van der Waals surface area contributed by atoms with Crippen LogP contribution >= 0.6 is 28.1 Å². The van der Waals surface area contributed by atoms with Gasteiger partial charge in [-0.25, -0.2) is 0 Å². The lowest BCUT2D eigenvalue weighted by atomic mass is 10.2. The Bertz CT molecular complexity index is 829. The topological polar surface area (TPSA) is 74.2 Å². The van der Waals surface area contributed by atoms with Gasteiger partial charge < -0.3 is 10.1 Å². The normalized spacial score (nSPS) is 10.0. The van der Waals surface area contributed by atoms with Crippen LogP contribution in [0.2, 0.25) is 0 Å². The monoisotopic (exact) mass is 417 g/mol. The number of amides is 1. The van der Waals surface area contributed by atoms with Crippen LogP contribution in [0, 0.1) is 11.3 Å². The van der Waals surface area contributed by atoms with E-state index in [1.54, 1.807) is 36.4 Å². The first kappa shape index (κ1) is 18.9. The lowest BCUT2D eigenvalue weighted by molar-refractivity contribution is 0.0972. The first-order valence-electron chi connectivity index (χ1n) is 7.47. The highest BCUT2D eigenvalue weighted by Crippen LogP contribution is 2.24. The number of rotatable bonds is 4. The van der Waals surface area contributed by atoms with Crippen LogP contribution in [0.5, 0.6) is 5.75 Å². The summed E-state index contributed by atoms with van der Waals surface area (Å²) in [6.45, 7) is 3.78. The maximum Gasteiger partial charge on any atom is 0.261 e. The quantitative estimate of drug-likeness (QED) is 0.727. The van der Waals surface area contributed by atoms with Crippen molar-refractivity contribution >= 4 is 44.9 Å². The van der Waals surface area contributed by atoms with Crippen molar-refractivity contribution in [2.75, 3.05) is 5.32 Å². The Kier molecular flexibility index (Phi) is 6.51. The lowest BCUT2D eigenvalue weighted by Crippen LogP contribution is -2.34. The Morgan fingerprint density at radius 3 is 2.52 bits per heavy atom. The number of ether oxygens (including phenoxy) is 1. The summed E-state index contributed by atoms with van der Waals surface area (Å²) in [5.41, 5.74) is 1.61. The molecule has 2 N–H and O–H groups in total. The summed E-state index contributed by atoms with van der Waals surface area (Å²) in [5, 5.41) is 14.5. The number of thiocarbonyl (C=S) groups is 1. The van der Waals surface area contributed by atoms with Crippen LogP contribution in [0.1, 0.15) is 29.8 Å². The van der Waals surface area contributed by atoms with Gasteiger partial charge in [-0.05, 0) is 68.5 Å². The molecule has 0 heterocycles. The standard InChI is InChI=1S/C18H16BrN3O2S/c1-11(2)24-16-8-5-13(19)9-15(16)17(23)22-18(25)21-14-6-3-12(10-20)4-7-14/h3-9,11H,1-2H3,(H2,21,22,23,25). The van der Waals surface area contributed by atoms with Crippen molar-refractivity contribution < 1.29 is 9.53 Å². The number of anilines is 1. The molecule has 0 aliphatic carbocycles. The van der Waals surface area contributed by atoms with Crippen molar-refractivity contribution in [2.45, 2.75) is 20.0 Å². The van der Waals surface area contributed by atoms with Crippen molar-refractivity contribution in [2.24, 2.45) is 0 Å². The van der Waals surface area contributed by atoms with Crippen molar-refractivity contribution in [3.63, 3.8) is 0 Å². The largest absolute Gasteiger partial charge is 0.490 e. The predicted molar refractivity (Wildman–Crippen MR) is 105 cm³/mol. The average Bonchev–Trinajstić information content (AvgIpc) is 2.56. The highest BCUT2D eigenvalue weighted by molar-refractivity contribution is 9.10. The summed E-state index contributed by atoms with van der Waals surface area (Å²) in [6, 6.07) is 14.0. The van der Waals surface area contributed by atoms with Crippen LogP contribution in [-0.4, -0.2) is 17.1 Å². The third kappa shape index (κ3) is 5.55. The van der Waals surface area contributed by atoms with Crippen LogP contribution in [0.15, 0.2) is 46.9 Å². The van der Waals surface area contributed by atoms with E-state index in [-0.39, 0.29) is 17.1 Å². The Labute approximate surface area is 160 Å². The molecule has 0 aliphatic rings. The molecule has 2 aromatic carbocycles. The molecule has 0 fully saturated rings. The van der Waals surface area contributed by atoms with Crippen molar-refractivity contribution in [1.82, 2.24) is 5.32 Å². The fraction of sp³-hybridized carbons (Fsp3) is 0.167. The second-order valence-electron chi connectivity index (χ2n) is 5.40. The van der Waals surface area contributed by atoms with Crippen molar-refractivity contribution in [3.8, 4) is 11.8 Å². The molecule has 0 aliphatic heterocycles. The number of halogens is 1. The molecule has 128 valence electrons. The summed E-state index contributed by atoms with van der Waals surface area (Å²) in [6.07, 6.45) is -0.0588. The fourth-order valence-electron chi connectivity index (χ4n) is 2.00. The fourth-order valence-corrected chi connectivity index (χ4v) is 2.57. The van der Waals surface area contributed by atoms with E-state index in [4.69, 9.17) is 22.2 Å². The maximum absolute atomic E-state index is 12.5. The molecule has 7 heteroatoms. The molecule has 0 unspecified atom stereocenters. The van der Waals surface area contributed by atoms with Crippen molar-refractivity contribution in [3.05, 3.63) is 58.1 Å². The molecule has 0 saturated carbocycles. The highest BCUT2D eigenvalue weighted by atomic mass is 79.9. The first-order chi connectivity index (χ1) is 11.9. The molecule has 0 bridgehead atoms. The molecule has 2 aromatic rings. The summed E-state index contributed by atoms with van der Waals surface area (Å²) >= 11 is 8.53. The van der Waals surface area contributed by atoms with Gasteiger partial charge in [0.2, 0.25) is 0 Å². The highest BCUT2D eigenvalue weighted by Gasteiger charge is 2.15. The molecule has 25 heavy (non-hydrogen) atoms. The van der Waals surface area contributed by atoms with Crippen molar-refractivity contribution in [1.29, 1.82) is 5.26 Å². The molecule has 0 radical (unpaired) electrons. The lowest BCUT2D eigenvalue weighted by Gasteiger charge is -2.15. The van der Waals surface area contributed by atoms with Gasteiger partial charge in [-0.2, -0.15) is 5.26 Å². The molecule has 5 nitrogen and oxygen atoms in total. The van der Waals surface area contributed by atoms with Crippen LogP contribution < -0.4 is 15.4 Å². The van der Waals surface area contributed by atoms with Crippen LogP contribution in [0.3, 0.4) is 0 Å². The van der Waals surface area contributed by atoms with Gasteiger partial charge in [-0.3, -0.25) is 10.1 Å². The Morgan fingerprint density at radius 1 is 1.24 bits per heavy atom. The SMILES string of the molecule is CC(C)Oc1ccc(Br)cc1C(=O)NC(=S)Nc1ccc(C#N)cc1. The van der Waals surface area contributed by atoms with E-state index >= 15 is 0 Å². The number of hydrogen-bond donors (Lipinski definition) is 2. The zero-order valence-electron chi connectivity index (χ0n) is 13.7. The summed E-state index contributed by atoms with van der Waals surface area (Å²) in [5.74, 6) is 0.111. The number of hydrogen-bond acceptors (Lipinski definition) is 4. The third-order valence-corrected chi connectivity index (χ3v) is 3.75. The minimum atomic E-state index is -0.372. The van der Waals surface area contributed by atoms with Crippen LogP contribution in [0.4, 0.5) is 5.69 Å². The number of carbonyl (C=O) groups is 1. The summed E-state index contributed by atoms with van der Waals surface area (Å²) in [4.78, 5) is 12.5. The van der Waals surface area contributed by atoms with Crippen LogP contribution in [0.25, 0.3) is 0 Å². The molecule has 0 atom stereocenters. The molecule has 1 amide bonds.